The van der Waals surface area contributed by atoms with Gasteiger partial charge in [-0.2, -0.15) is 0 Å². The molecule has 5 rings (SSSR count). The fraction of sp³-hybridized carbons (Fsp3) is 0.533. The summed E-state index contributed by atoms with van der Waals surface area (Å²) in [5.74, 6) is 0.574. The summed E-state index contributed by atoms with van der Waals surface area (Å²) in [6.45, 7) is 0. The van der Waals surface area contributed by atoms with Crippen LogP contribution in [0.1, 0.15) is 97.7 Å². The van der Waals surface area contributed by atoms with Crippen molar-refractivity contribution in [2.75, 3.05) is 14.2 Å². The van der Waals surface area contributed by atoms with E-state index < -0.39 is 5.92 Å². The maximum Gasteiger partial charge on any atom is 0.254 e. The Kier molecular flexibility index (Phi) is 7.12. The second kappa shape index (κ2) is 10.4. The monoisotopic (exact) mass is 474 g/mol. The summed E-state index contributed by atoms with van der Waals surface area (Å²) in [6.07, 6.45) is 11.2. The number of likely N-dealkylation sites (N-methyl/N-ethyl adjacent to an activating group) is 1. The third-order valence-electron chi connectivity index (χ3n) is 8.54. The van der Waals surface area contributed by atoms with Gasteiger partial charge in [-0.15, -0.1) is 0 Å². The lowest BCUT2D eigenvalue weighted by molar-refractivity contribution is -0.136. The Bertz CT molecular complexity index is 1040. The van der Waals surface area contributed by atoms with Gasteiger partial charge in [-0.1, -0.05) is 68.9 Å². The molecule has 186 valence electrons. The van der Waals surface area contributed by atoms with E-state index >= 15 is 0 Å². The minimum Gasteiger partial charge on any atom is -0.497 e. The van der Waals surface area contributed by atoms with E-state index in [1.165, 1.54) is 25.7 Å². The first-order chi connectivity index (χ1) is 17.1. The summed E-state index contributed by atoms with van der Waals surface area (Å²) < 4.78 is 5.41. The second-order valence-corrected chi connectivity index (χ2v) is 10.5. The standard InChI is InChI=1S/C30H38N2O3/c1-31(22-11-5-3-6-12-22)30(34)27-25-15-9-10-16-26(25)29(33)32(23-13-7-4-8-14-23)28(27)21-17-19-24(35-2)20-18-21/h9-10,15-20,22-23,27-28H,3-8,11-14H2,1-2H3/t27-,28-/m0/s1. The number of carbonyl (C=O) groups is 2. The summed E-state index contributed by atoms with van der Waals surface area (Å²) in [6, 6.07) is 15.9. The molecule has 0 saturated heterocycles. The quantitative estimate of drug-likeness (QED) is 0.526. The van der Waals surface area contributed by atoms with Crippen molar-refractivity contribution in [2.45, 2.75) is 88.3 Å². The summed E-state index contributed by atoms with van der Waals surface area (Å²) in [4.78, 5) is 32.5. The van der Waals surface area contributed by atoms with Crippen LogP contribution in [0.5, 0.6) is 5.75 Å². The van der Waals surface area contributed by atoms with Crippen LogP contribution in [0.15, 0.2) is 48.5 Å². The van der Waals surface area contributed by atoms with E-state index in [4.69, 9.17) is 4.74 Å². The fourth-order valence-corrected chi connectivity index (χ4v) is 6.60. The number of nitrogens with zero attached hydrogens (tertiary/aromatic N) is 2. The zero-order valence-electron chi connectivity index (χ0n) is 21.1. The number of carbonyl (C=O) groups excluding carboxylic acids is 2. The Hall–Kier alpha value is -2.82. The van der Waals surface area contributed by atoms with Gasteiger partial charge >= 0.3 is 0 Å². The van der Waals surface area contributed by atoms with Crippen LogP contribution in [0, 0.1) is 0 Å². The molecule has 2 saturated carbocycles. The Labute approximate surface area is 209 Å². The maximum absolute atomic E-state index is 14.4. The molecule has 1 heterocycles. The van der Waals surface area contributed by atoms with Crippen LogP contribution in [-0.4, -0.2) is 47.9 Å². The maximum atomic E-state index is 14.4. The van der Waals surface area contributed by atoms with Gasteiger partial charge in [0.1, 0.15) is 5.75 Å². The van der Waals surface area contributed by atoms with Crippen LogP contribution in [0.25, 0.3) is 0 Å². The number of fused-ring (bicyclic) bond motifs is 1. The van der Waals surface area contributed by atoms with E-state index in [0.29, 0.717) is 5.56 Å². The number of methoxy groups -OCH3 is 1. The molecule has 0 radical (unpaired) electrons. The van der Waals surface area contributed by atoms with E-state index in [9.17, 15) is 9.59 Å². The third-order valence-corrected chi connectivity index (χ3v) is 8.54. The molecule has 0 spiro atoms. The summed E-state index contributed by atoms with van der Waals surface area (Å²) in [5, 5.41) is 0. The van der Waals surface area contributed by atoms with E-state index in [0.717, 1.165) is 55.4 Å². The van der Waals surface area contributed by atoms with E-state index in [2.05, 4.69) is 4.90 Å². The number of hydrogen-bond donors (Lipinski definition) is 0. The molecule has 2 amide bonds. The van der Waals surface area contributed by atoms with Crippen molar-refractivity contribution in [3.63, 3.8) is 0 Å². The molecule has 0 bridgehead atoms. The molecule has 5 heteroatoms. The van der Waals surface area contributed by atoms with Crippen LogP contribution in [0.2, 0.25) is 0 Å². The van der Waals surface area contributed by atoms with E-state index in [-0.39, 0.29) is 29.9 Å². The smallest absolute Gasteiger partial charge is 0.254 e. The normalized spacial score (nSPS) is 23.6. The number of rotatable bonds is 5. The molecule has 0 unspecified atom stereocenters. The predicted octanol–water partition coefficient (Wildman–Crippen LogP) is 6.10. The van der Waals surface area contributed by atoms with E-state index in [1.54, 1.807) is 7.11 Å². The molecular formula is C30H38N2O3. The van der Waals surface area contributed by atoms with Gasteiger partial charge in [0.25, 0.3) is 5.91 Å². The Morgan fingerprint density at radius 2 is 1.51 bits per heavy atom. The van der Waals surface area contributed by atoms with Crippen molar-refractivity contribution in [3.8, 4) is 5.75 Å². The number of benzene rings is 2. The molecular weight excluding hydrogens is 436 g/mol. The molecule has 2 atom stereocenters. The van der Waals surface area contributed by atoms with Gasteiger partial charge in [0, 0.05) is 24.7 Å². The molecule has 0 aromatic heterocycles. The van der Waals surface area contributed by atoms with Crippen molar-refractivity contribution in [2.24, 2.45) is 0 Å². The lowest BCUT2D eigenvalue weighted by Crippen LogP contribution is -2.53. The predicted molar refractivity (Wildman–Crippen MR) is 138 cm³/mol. The van der Waals surface area contributed by atoms with Crippen molar-refractivity contribution in [1.82, 2.24) is 9.80 Å². The van der Waals surface area contributed by atoms with Gasteiger partial charge < -0.3 is 14.5 Å². The summed E-state index contributed by atoms with van der Waals surface area (Å²) in [7, 11) is 3.64. The zero-order valence-corrected chi connectivity index (χ0v) is 21.1. The molecule has 0 N–H and O–H groups in total. The van der Waals surface area contributed by atoms with E-state index in [1.807, 2.05) is 60.5 Å². The molecule has 2 aliphatic carbocycles. The Balaban J connectivity index is 1.62. The lowest BCUT2D eigenvalue weighted by atomic mass is 9.76. The number of hydrogen-bond acceptors (Lipinski definition) is 3. The topological polar surface area (TPSA) is 49.9 Å². The largest absolute Gasteiger partial charge is 0.497 e. The van der Waals surface area contributed by atoms with Crippen LogP contribution >= 0.6 is 0 Å². The average Bonchev–Trinajstić information content (AvgIpc) is 2.93. The highest BCUT2D eigenvalue weighted by Gasteiger charge is 2.48. The van der Waals surface area contributed by atoms with Crippen LogP contribution in [-0.2, 0) is 4.79 Å². The van der Waals surface area contributed by atoms with Crippen LogP contribution in [0.3, 0.4) is 0 Å². The minimum atomic E-state index is -0.411. The van der Waals surface area contributed by atoms with Gasteiger partial charge in [0.2, 0.25) is 5.91 Å². The van der Waals surface area contributed by atoms with Gasteiger partial charge in [-0.3, -0.25) is 9.59 Å². The van der Waals surface area contributed by atoms with Gasteiger partial charge in [-0.05, 0) is 55.0 Å². The minimum absolute atomic E-state index is 0.0673. The third kappa shape index (κ3) is 4.57. The Morgan fingerprint density at radius 1 is 0.886 bits per heavy atom. The SMILES string of the molecule is COc1ccc([C@H]2[C@@H](C(=O)N(C)C3CCCCC3)c3ccccc3C(=O)N2C2CCCCC2)cc1. The highest BCUT2D eigenvalue weighted by molar-refractivity contribution is 6.01. The average molecular weight is 475 g/mol. The first kappa shape index (κ1) is 23.9. The number of amides is 2. The fourth-order valence-electron chi connectivity index (χ4n) is 6.60. The number of ether oxygens (including phenoxy) is 1. The first-order valence-electron chi connectivity index (χ1n) is 13.4. The summed E-state index contributed by atoms with van der Waals surface area (Å²) >= 11 is 0. The van der Waals surface area contributed by atoms with Crippen molar-refractivity contribution < 1.29 is 14.3 Å². The highest BCUT2D eigenvalue weighted by Crippen LogP contribution is 2.47. The van der Waals surface area contributed by atoms with Gasteiger partial charge in [-0.25, -0.2) is 0 Å². The first-order valence-corrected chi connectivity index (χ1v) is 13.4. The van der Waals surface area contributed by atoms with Crippen molar-refractivity contribution in [3.05, 3.63) is 65.2 Å². The molecule has 2 aromatic carbocycles. The molecule has 5 nitrogen and oxygen atoms in total. The summed E-state index contributed by atoms with van der Waals surface area (Å²) in [5.41, 5.74) is 2.57. The second-order valence-electron chi connectivity index (χ2n) is 10.5. The van der Waals surface area contributed by atoms with Crippen molar-refractivity contribution >= 4 is 11.8 Å². The Morgan fingerprint density at radius 3 is 2.17 bits per heavy atom. The molecule has 2 fully saturated rings. The molecule has 35 heavy (non-hydrogen) atoms. The van der Waals surface area contributed by atoms with Crippen LogP contribution < -0.4 is 4.74 Å². The van der Waals surface area contributed by atoms with Gasteiger partial charge in [0.05, 0.1) is 19.1 Å². The van der Waals surface area contributed by atoms with Crippen LogP contribution in [0.4, 0.5) is 0 Å². The molecule has 3 aliphatic rings. The zero-order chi connectivity index (χ0) is 24.4. The molecule has 2 aromatic rings. The van der Waals surface area contributed by atoms with Gasteiger partial charge in [0.15, 0.2) is 0 Å². The molecule has 1 aliphatic heterocycles. The highest BCUT2D eigenvalue weighted by atomic mass is 16.5. The lowest BCUT2D eigenvalue weighted by Gasteiger charge is -2.48. The van der Waals surface area contributed by atoms with Crippen molar-refractivity contribution in [1.29, 1.82) is 0 Å².